The number of carbonyl (C=O) groups is 2. The molecule has 4 rings (SSSR count). The van der Waals surface area contributed by atoms with Crippen molar-refractivity contribution in [1.29, 1.82) is 0 Å². The quantitative estimate of drug-likeness (QED) is 0.569. The number of urea groups is 1. The van der Waals surface area contributed by atoms with E-state index in [2.05, 4.69) is 20.8 Å². The SMILES string of the molecule is Cn1c(Cc2ccccc2)nnc1SCC(=O)NC(=O)Nc1ccc2c(c1)OCCO2. The predicted molar refractivity (Wildman–Crippen MR) is 116 cm³/mol. The number of imide groups is 1. The Morgan fingerprint density at radius 3 is 2.65 bits per heavy atom. The summed E-state index contributed by atoms with van der Waals surface area (Å²) in [6.07, 6.45) is 0.648. The van der Waals surface area contributed by atoms with Crippen LogP contribution >= 0.6 is 11.8 Å². The molecule has 31 heavy (non-hydrogen) atoms. The van der Waals surface area contributed by atoms with Gasteiger partial charge >= 0.3 is 6.03 Å². The number of rotatable bonds is 6. The summed E-state index contributed by atoms with van der Waals surface area (Å²) in [5, 5.41) is 13.9. The van der Waals surface area contributed by atoms with Crippen molar-refractivity contribution in [2.75, 3.05) is 24.3 Å². The maximum absolute atomic E-state index is 12.2. The maximum atomic E-state index is 12.2. The van der Waals surface area contributed by atoms with Gasteiger partial charge in [0, 0.05) is 25.2 Å². The van der Waals surface area contributed by atoms with Gasteiger partial charge in [0.1, 0.15) is 19.0 Å². The first kappa shape index (κ1) is 20.7. The van der Waals surface area contributed by atoms with Crippen molar-refractivity contribution in [1.82, 2.24) is 20.1 Å². The average Bonchev–Trinajstić information content (AvgIpc) is 3.12. The summed E-state index contributed by atoms with van der Waals surface area (Å²) in [4.78, 5) is 24.3. The van der Waals surface area contributed by atoms with E-state index in [1.54, 1.807) is 18.2 Å². The molecular formula is C21H21N5O4S. The van der Waals surface area contributed by atoms with Crippen LogP contribution in [0.2, 0.25) is 0 Å². The Balaban J connectivity index is 1.27. The maximum Gasteiger partial charge on any atom is 0.325 e. The lowest BCUT2D eigenvalue weighted by Crippen LogP contribution is -2.35. The molecule has 0 bridgehead atoms. The molecule has 0 fully saturated rings. The van der Waals surface area contributed by atoms with Crippen molar-refractivity contribution in [3.05, 3.63) is 59.9 Å². The molecule has 0 unspecified atom stereocenters. The third kappa shape index (κ3) is 5.34. The summed E-state index contributed by atoms with van der Waals surface area (Å²) >= 11 is 1.21. The number of ether oxygens (including phenoxy) is 2. The number of benzene rings is 2. The topological polar surface area (TPSA) is 107 Å². The minimum absolute atomic E-state index is 0.0336. The zero-order valence-electron chi connectivity index (χ0n) is 16.8. The lowest BCUT2D eigenvalue weighted by molar-refractivity contribution is -0.117. The monoisotopic (exact) mass is 439 g/mol. The fraction of sp³-hybridized carbons (Fsp3) is 0.238. The van der Waals surface area contributed by atoms with Crippen LogP contribution in [0.1, 0.15) is 11.4 Å². The van der Waals surface area contributed by atoms with Gasteiger partial charge in [-0.25, -0.2) is 4.79 Å². The first-order chi connectivity index (χ1) is 15.1. The molecule has 0 atom stereocenters. The van der Waals surface area contributed by atoms with Crippen molar-refractivity contribution < 1.29 is 19.1 Å². The van der Waals surface area contributed by atoms with Gasteiger partial charge in [-0.3, -0.25) is 10.1 Å². The van der Waals surface area contributed by atoms with E-state index in [9.17, 15) is 9.59 Å². The highest BCUT2D eigenvalue weighted by atomic mass is 32.2. The second-order valence-electron chi connectivity index (χ2n) is 6.77. The van der Waals surface area contributed by atoms with E-state index >= 15 is 0 Å². The highest BCUT2D eigenvalue weighted by molar-refractivity contribution is 7.99. The lowest BCUT2D eigenvalue weighted by Gasteiger charge is -2.19. The molecular weight excluding hydrogens is 418 g/mol. The first-order valence-electron chi connectivity index (χ1n) is 9.64. The second kappa shape index (κ2) is 9.52. The van der Waals surface area contributed by atoms with Crippen LogP contribution in [0.4, 0.5) is 10.5 Å². The van der Waals surface area contributed by atoms with Crippen LogP contribution < -0.4 is 20.1 Å². The van der Waals surface area contributed by atoms with Gasteiger partial charge < -0.3 is 19.4 Å². The Kier molecular flexibility index (Phi) is 6.37. The van der Waals surface area contributed by atoms with E-state index < -0.39 is 11.9 Å². The van der Waals surface area contributed by atoms with E-state index in [1.807, 2.05) is 41.9 Å². The van der Waals surface area contributed by atoms with Gasteiger partial charge in [0.15, 0.2) is 16.7 Å². The van der Waals surface area contributed by atoms with Crippen molar-refractivity contribution in [3.8, 4) is 11.5 Å². The van der Waals surface area contributed by atoms with Gasteiger partial charge in [-0.2, -0.15) is 0 Å². The Morgan fingerprint density at radius 1 is 1.06 bits per heavy atom. The number of thioether (sulfide) groups is 1. The Hall–Kier alpha value is -3.53. The van der Waals surface area contributed by atoms with Crippen molar-refractivity contribution >= 4 is 29.4 Å². The molecule has 1 aromatic heterocycles. The number of anilines is 1. The van der Waals surface area contributed by atoms with Crippen LogP contribution in [0, 0.1) is 0 Å². The number of nitrogens with zero attached hydrogens (tertiary/aromatic N) is 3. The normalized spacial score (nSPS) is 12.3. The fourth-order valence-corrected chi connectivity index (χ4v) is 3.71. The van der Waals surface area contributed by atoms with Crippen LogP contribution in [0.5, 0.6) is 11.5 Å². The molecule has 2 aromatic carbocycles. The van der Waals surface area contributed by atoms with E-state index in [0.717, 1.165) is 11.4 Å². The molecule has 10 heteroatoms. The number of hydrogen-bond acceptors (Lipinski definition) is 7. The van der Waals surface area contributed by atoms with Crippen molar-refractivity contribution in [3.63, 3.8) is 0 Å². The highest BCUT2D eigenvalue weighted by Crippen LogP contribution is 2.32. The zero-order valence-corrected chi connectivity index (χ0v) is 17.6. The summed E-state index contributed by atoms with van der Waals surface area (Å²) in [6, 6.07) is 14.4. The molecule has 0 spiro atoms. The van der Waals surface area contributed by atoms with Gasteiger partial charge in [0.25, 0.3) is 0 Å². The smallest absolute Gasteiger partial charge is 0.325 e. The van der Waals surface area contributed by atoms with Gasteiger partial charge in [-0.05, 0) is 17.7 Å². The molecule has 0 saturated heterocycles. The van der Waals surface area contributed by atoms with E-state index in [1.165, 1.54) is 11.8 Å². The largest absolute Gasteiger partial charge is 0.486 e. The summed E-state index contributed by atoms with van der Waals surface area (Å²) in [7, 11) is 1.85. The molecule has 1 aliphatic rings. The molecule has 2 heterocycles. The van der Waals surface area contributed by atoms with Crippen LogP contribution in [0.3, 0.4) is 0 Å². The van der Waals surface area contributed by atoms with Crippen LogP contribution in [-0.4, -0.2) is 45.7 Å². The van der Waals surface area contributed by atoms with E-state index in [0.29, 0.717) is 42.0 Å². The third-order valence-corrected chi connectivity index (χ3v) is 5.54. The molecule has 3 aromatic rings. The molecule has 3 amide bonds. The molecule has 160 valence electrons. The Labute approximate surface area is 183 Å². The number of nitrogens with one attached hydrogen (secondary N) is 2. The Morgan fingerprint density at radius 2 is 1.84 bits per heavy atom. The molecule has 0 radical (unpaired) electrons. The van der Waals surface area contributed by atoms with Gasteiger partial charge in [0.2, 0.25) is 5.91 Å². The third-order valence-electron chi connectivity index (χ3n) is 4.52. The summed E-state index contributed by atoms with van der Waals surface area (Å²) in [5.41, 5.74) is 1.63. The highest BCUT2D eigenvalue weighted by Gasteiger charge is 2.15. The number of carbonyl (C=O) groups excluding carboxylic acids is 2. The van der Waals surface area contributed by atoms with Gasteiger partial charge in [-0.1, -0.05) is 42.1 Å². The summed E-state index contributed by atoms with van der Waals surface area (Å²) in [6.45, 7) is 0.944. The second-order valence-corrected chi connectivity index (χ2v) is 7.71. The molecule has 0 aliphatic carbocycles. The van der Waals surface area contributed by atoms with E-state index in [-0.39, 0.29) is 5.75 Å². The van der Waals surface area contributed by atoms with Crippen LogP contribution in [-0.2, 0) is 18.3 Å². The lowest BCUT2D eigenvalue weighted by atomic mass is 10.1. The Bertz CT molecular complexity index is 1090. The van der Waals surface area contributed by atoms with Gasteiger partial charge in [0.05, 0.1) is 5.75 Å². The average molecular weight is 439 g/mol. The molecule has 2 N–H and O–H groups in total. The van der Waals surface area contributed by atoms with E-state index in [4.69, 9.17) is 9.47 Å². The minimum atomic E-state index is -0.620. The molecule has 9 nitrogen and oxygen atoms in total. The summed E-state index contributed by atoms with van der Waals surface area (Å²) < 4.78 is 12.8. The molecule has 1 aliphatic heterocycles. The predicted octanol–water partition coefficient (Wildman–Crippen LogP) is 2.62. The zero-order chi connectivity index (χ0) is 21.6. The minimum Gasteiger partial charge on any atom is -0.486 e. The molecule has 0 saturated carbocycles. The summed E-state index contributed by atoms with van der Waals surface area (Å²) in [5.74, 6) is 1.57. The van der Waals surface area contributed by atoms with Crippen LogP contribution in [0.25, 0.3) is 0 Å². The number of fused-ring (bicyclic) bond motifs is 1. The standard InChI is InChI=1S/C21H21N5O4S/c1-26-18(11-14-5-3-2-4-6-14)24-25-21(26)31-13-19(27)23-20(28)22-15-7-8-16-17(12-15)30-10-9-29-16/h2-8,12H,9-11,13H2,1H3,(H2,22,23,27,28). The first-order valence-corrected chi connectivity index (χ1v) is 10.6. The van der Waals surface area contributed by atoms with Crippen LogP contribution in [0.15, 0.2) is 53.7 Å². The fourth-order valence-electron chi connectivity index (χ4n) is 2.98. The number of amides is 3. The number of hydrogen-bond donors (Lipinski definition) is 2. The number of aromatic nitrogens is 3. The van der Waals surface area contributed by atoms with Crippen molar-refractivity contribution in [2.24, 2.45) is 7.05 Å². The van der Waals surface area contributed by atoms with Gasteiger partial charge in [-0.15, -0.1) is 10.2 Å². The van der Waals surface area contributed by atoms with Crippen molar-refractivity contribution in [2.45, 2.75) is 11.6 Å².